The summed E-state index contributed by atoms with van der Waals surface area (Å²) in [7, 11) is 0. The standard InChI is InChI=1S/C36H38N6O6S.C2HF3O2/c37-30(18-27-21-49-22-39-27)35(45)38-15-1-2-16-47-29-12-8-26(9-13-29)40-34(44)24-5-3-23(4-6-24)19-42(28-10-11-28)36(46)25-7-14-31-32(17-25)48-20-33(43)41-31;3-2(4,5)1(6)7/h3-9,12-14,17,21-22,28,30H,1-2,10-11,15-16,18-20,37H2,(H,38,45)(H,40,44)(H,41,43);(H,6,7)/t30-;/m0./s1. The minimum absolute atomic E-state index is 0.0757. The summed E-state index contributed by atoms with van der Waals surface area (Å²) >= 11 is 1.48. The summed E-state index contributed by atoms with van der Waals surface area (Å²) in [4.78, 5) is 65.0. The van der Waals surface area contributed by atoms with Crippen LogP contribution in [0.4, 0.5) is 24.5 Å². The van der Waals surface area contributed by atoms with Gasteiger partial charge in [-0.05, 0) is 85.8 Å². The number of nitrogens with two attached hydrogens (primary N) is 1. The lowest BCUT2D eigenvalue weighted by Gasteiger charge is -2.24. The van der Waals surface area contributed by atoms with Crippen LogP contribution in [0.1, 0.15) is 57.7 Å². The quantitative estimate of drug-likeness (QED) is 0.102. The zero-order valence-corrected chi connectivity index (χ0v) is 30.7. The van der Waals surface area contributed by atoms with Crippen LogP contribution in [0.25, 0.3) is 0 Å². The molecular weight excluding hydrogens is 758 g/mol. The molecule has 3 aromatic carbocycles. The highest BCUT2D eigenvalue weighted by atomic mass is 32.1. The average Bonchev–Trinajstić information content (AvgIpc) is 3.89. The third-order valence-electron chi connectivity index (χ3n) is 8.42. The number of aromatic nitrogens is 1. The van der Waals surface area contributed by atoms with Gasteiger partial charge in [-0.15, -0.1) is 11.3 Å². The second kappa shape index (κ2) is 19.0. The van der Waals surface area contributed by atoms with Crippen LogP contribution in [0, 0.1) is 0 Å². The Morgan fingerprint density at radius 2 is 1.73 bits per heavy atom. The maximum atomic E-state index is 13.5. The Labute approximate surface area is 323 Å². The molecule has 296 valence electrons. The predicted octanol–water partition coefficient (Wildman–Crippen LogP) is 5.01. The number of fused-ring (bicyclic) bond motifs is 1. The van der Waals surface area contributed by atoms with E-state index >= 15 is 0 Å². The number of carboxylic acid groups (broad SMARTS) is 1. The van der Waals surface area contributed by atoms with Gasteiger partial charge in [0.15, 0.2) is 6.61 Å². The smallest absolute Gasteiger partial charge is 0.490 e. The third-order valence-corrected chi connectivity index (χ3v) is 9.06. The van der Waals surface area contributed by atoms with Crippen molar-refractivity contribution in [2.45, 2.75) is 56.9 Å². The van der Waals surface area contributed by atoms with E-state index in [0.717, 1.165) is 36.9 Å². The molecule has 0 spiro atoms. The number of anilines is 2. The Morgan fingerprint density at radius 1 is 1.04 bits per heavy atom. The first-order valence-corrected chi connectivity index (χ1v) is 18.4. The number of halogens is 3. The van der Waals surface area contributed by atoms with Gasteiger partial charge in [0, 0.05) is 47.7 Å². The molecule has 56 heavy (non-hydrogen) atoms. The highest BCUT2D eigenvalue weighted by Gasteiger charge is 2.38. The van der Waals surface area contributed by atoms with Gasteiger partial charge in [-0.3, -0.25) is 19.2 Å². The molecule has 0 bridgehead atoms. The van der Waals surface area contributed by atoms with E-state index in [0.29, 0.717) is 60.1 Å². The maximum Gasteiger partial charge on any atom is 0.490 e. The number of amides is 4. The van der Waals surface area contributed by atoms with E-state index in [9.17, 15) is 32.3 Å². The first kappa shape index (κ1) is 41.2. The van der Waals surface area contributed by atoms with Crippen molar-refractivity contribution in [1.82, 2.24) is 15.2 Å². The normalized spacial score (nSPS) is 13.8. The monoisotopic (exact) mass is 796 g/mol. The Morgan fingerprint density at radius 3 is 2.38 bits per heavy atom. The molecule has 2 aliphatic rings. The van der Waals surface area contributed by atoms with Crippen LogP contribution in [0.15, 0.2) is 77.6 Å². The maximum absolute atomic E-state index is 13.5. The molecule has 6 rings (SSSR count). The molecule has 1 saturated carbocycles. The summed E-state index contributed by atoms with van der Waals surface area (Å²) in [6.45, 7) is 1.35. The molecule has 4 aromatic rings. The first-order valence-electron chi connectivity index (χ1n) is 17.5. The third kappa shape index (κ3) is 12.3. The largest absolute Gasteiger partial charge is 0.494 e. The summed E-state index contributed by atoms with van der Waals surface area (Å²) in [6, 6.07) is 19.0. The van der Waals surface area contributed by atoms with Crippen molar-refractivity contribution in [3.63, 3.8) is 0 Å². The second-order valence-corrected chi connectivity index (χ2v) is 13.5. The molecule has 18 heteroatoms. The zero-order chi connectivity index (χ0) is 40.2. The van der Waals surface area contributed by atoms with Crippen LogP contribution in [0.3, 0.4) is 0 Å². The molecule has 0 unspecified atom stereocenters. The van der Waals surface area contributed by atoms with Crippen LogP contribution < -0.4 is 31.2 Å². The summed E-state index contributed by atoms with van der Waals surface area (Å²) < 4.78 is 43.0. The lowest BCUT2D eigenvalue weighted by Crippen LogP contribution is -2.42. The molecular formula is C38H39F3N6O8S. The van der Waals surface area contributed by atoms with E-state index in [1.165, 1.54) is 11.3 Å². The number of nitrogens with zero attached hydrogens (tertiary/aromatic N) is 2. The molecule has 6 N–H and O–H groups in total. The van der Waals surface area contributed by atoms with Crippen molar-refractivity contribution in [1.29, 1.82) is 0 Å². The fraction of sp³-hybridized carbons (Fsp3) is 0.316. The van der Waals surface area contributed by atoms with Crippen molar-refractivity contribution in [2.75, 3.05) is 30.4 Å². The predicted molar refractivity (Wildman–Crippen MR) is 200 cm³/mol. The van der Waals surface area contributed by atoms with Crippen molar-refractivity contribution < 1.29 is 51.7 Å². The van der Waals surface area contributed by atoms with Gasteiger partial charge in [0.25, 0.3) is 17.7 Å². The van der Waals surface area contributed by atoms with Crippen molar-refractivity contribution in [3.8, 4) is 11.5 Å². The van der Waals surface area contributed by atoms with Crippen molar-refractivity contribution >= 4 is 52.3 Å². The van der Waals surface area contributed by atoms with E-state index < -0.39 is 18.2 Å². The summed E-state index contributed by atoms with van der Waals surface area (Å²) in [5.41, 5.74) is 11.6. The molecule has 4 amide bonds. The van der Waals surface area contributed by atoms with E-state index in [2.05, 4.69) is 20.9 Å². The van der Waals surface area contributed by atoms with Gasteiger partial charge in [-0.2, -0.15) is 13.2 Å². The number of aliphatic carboxylic acids is 1. The van der Waals surface area contributed by atoms with E-state index in [1.807, 2.05) is 22.4 Å². The van der Waals surface area contributed by atoms with E-state index in [1.54, 1.807) is 60.1 Å². The van der Waals surface area contributed by atoms with Gasteiger partial charge in [0.2, 0.25) is 5.91 Å². The fourth-order valence-electron chi connectivity index (χ4n) is 5.34. The lowest BCUT2D eigenvalue weighted by atomic mass is 10.1. The number of ether oxygens (including phenoxy) is 2. The number of carboxylic acids is 1. The summed E-state index contributed by atoms with van der Waals surface area (Å²) in [5, 5.41) is 17.5. The van der Waals surface area contributed by atoms with Gasteiger partial charge >= 0.3 is 12.1 Å². The summed E-state index contributed by atoms with van der Waals surface area (Å²) in [5.74, 6) is -2.35. The van der Waals surface area contributed by atoms with E-state index in [4.69, 9.17) is 25.1 Å². The highest BCUT2D eigenvalue weighted by Crippen LogP contribution is 2.33. The number of alkyl halides is 3. The molecule has 2 heterocycles. The zero-order valence-electron chi connectivity index (χ0n) is 29.8. The van der Waals surface area contributed by atoms with Gasteiger partial charge in [-0.25, -0.2) is 9.78 Å². The van der Waals surface area contributed by atoms with Gasteiger partial charge < -0.3 is 41.2 Å². The number of nitrogens with one attached hydrogen (secondary N) is 3. The molecule has 1 fully saturated rings. The number of unbranched alkanes of at least 4 members (excludes halogenated alkanes) is 1. The Balaban J connectivity index is 0.000000784. The lowest BCUT2D eigenvalue weighted by molar-refractivity contribution is -0.192. The topological polar surface area (TPSA) is 202 Å². The van der Waals surface area contributed by atoms with Crippen molar-refractivity contribution in [2.24, 2.45) is 5.73 Å². The number of hydrogen-bond donors (Lipinski definition) is 5. The number of thiazole rings is 1. The molecule has 14 nitrogen and oxygen atoms in total. The number of carbonyl (C=O) groups excluding carboxylic acids is 4. The molecule has 0 radical (unpaired) electrons. The number of hydrogen-bond acceptors (Lipinski definition) is 10. The fourth-order valence-corrected chi connectivity index (χ4v) is 5.91. The first-order chi connectivity index (χ1) is 26.8. The second-order valence-electron chi connectivity index (χ2n) is 12.8. The molecule has 1 aliphatic carbocycles. The number of carbonyl (C=O) groups is 5. The highest BCUT2D eigenvalue weighted by molar-refractivity contribution is 7.07. The van der Waals surface area contributed by atoms with Crippen LogP contribution >= 0.6 is 11.3 Å². The SMILES string of the molecule is N[C@@H](Cc1cscn1)C(=O)NCCCCOc1ccc(NC(=O)c2ccc(CN(C(=O)c3ccc4c(c3)OCC(=O)N4)C3CC3)cc2)cc1.O=C(O)C(F)(F)F. The number of benzene rings is 3. The van der Waals surface area contributed by atoms with Crippen LogP contribution in [-0.4, -0.2) is 82.6 Å². The van der Waals surface area contributed by atoms with Crippen LogP contribution in [-0.2, 0) is 27.3 Å². The Bertz CT molecular complexity index is 1990. The molecule has 0 saturated heterocycles. The average molecular weight is 797 g/mol. The minimum atomic E-state index is -5.08. The van der Waals surface area contributed by atoms with Gasteiger partial charge in [0.1, 0.15) is 11.5 Å². The van der Waals surface area contributed by atoms with E-state index in [-0.39, 0.29) is 36.3 Å². The number of rotatable bonds is 15. The van der Waals surface area contributed by atoms with Gasteiger partial charge in [-0.1, -0.05) is 12.1 Å². The van der Waals surface area contributed by atoms with Crippen LogP contribution in [0.5, 0.6) is 11.5 Å². The Kier molecular flexibility index (Phi) is 14.0. The van der Waals surface area contributed by atoms with Crippen molar-refractivity contribution in [3.05, 3.63) is 100 Å². The Hall–Kier alpha value is -6.01. The molecule has 1 atom stereocenters. The van der Waals surface area contributed by atoms with Gasteiger partial charge in [0.05, 0.1) is 29.5 Å². The minimum Gasteiger partial charge on any atom is -0.494 e. The molecule has 1 aliphatic heterocycles. The van der Waals surface area contributed by atoms with Crippen LogP contribution in [0.2, 0.25) is 0 Å². The summed E-state index contributed by atoms with van der Waals surface area (Å²) in [6.07, 6.45) is -1.27. The molecule has 1 aromatic heterocycles.